The number of nitrogens with zero attached hydrogens (tertiary/aromatic N) is 3. The molecule has 2 saturated carbocycles. The number of carbonyl (C=O) groups is 1. The topological polar surface area (TPSA) is 130 Å². The van der Waals surface area contributed by atoms with Gasteiger partial charge in [-0.2, -0.15) is 15.3 Å². The Kier molecular flexibility index (Phi) is 4.92. The fraction of sp³-hybridized carbons (Fsp3) is 0.400. The van der Waals surface area contributed by atoms with Gasteiger partial charge in [0.25, 0.3) is 0 Å². The van der Waals surface area contributed by atoms with Crippen LogP contribution in [-0.2, 0) is 17.6 Å². The summed E-state index contributed by atoms with van der Waals surface area (Å²) in [6, 6.07) is 18.4. The van der Waals surface area contributed by atoms with Crippen LogP contribution in [0.1, 0.15) is 48.3 Å². The van der Waals surface area contributed by atoms with Crippen molar-refractivity contribution in [1.29, 1.82) is 5.53 Å². The quantitative estimate of drug-likeness (QED) is 0.391. The number of hydrogen-bond donors (Lipinski definition) is 3. The highest BCUT2D eigenvalue weighted by atomic mass is 16.1. The molecule has 7 heteroatoms. The van der Waals surface area contributed by atoms with Crippen LogP contribution in [0, 0.1) is 16.9 Å². The van der Waals surface area contributed by atoms with E-state index in [1.54, 1.807) is 0 Å². The monoisotopic (exact) mass is 428 g/mol. The van der Waals surface area contributed by atoms with Gasteiger partial charge in [-0.3, -0.25) is 4.79 Å². The lowest BCUT2D eigenvalue weighted by Gasteiger charge is -2.46. The number of hydrazone groups is 2. The summed E-state index contributed by atoms with van der Waals surface area (Å²) in [6.45, 7) is 0. The van der Waals surface area contributed by atoms with Gasteiger partial charge in [-0.25, -0.2) is 5.53 Å². The zero-order valence-electron chi connectivity index (χ0n) is 18.0. The van der Waals surface area contributed by atoms with E-state index >= 15 is 0 Å². The average molecular weight is 429 g/mol. The molecule has 0 amide bonds. The molecule has 1 spiro atoms. The molecule has 2 aromatic rings. The van der Waals surface area contributed by atoms with Crippen molar-refractivity contribution in [3.63, 3.8) is 0 Å². The zero-order chi connectivity index (χ0) is 22.3. The molecule has 0 radical (unpaired) electrons. The molecular weight excluding hydrogens is 400 g/mol. The summed E-state index contributed by atoms with van der Waals surface area (Å²) in [5.41, 5.74) is 11.4. The minimum absolute atomic E-state index is 0.0775. The van der Waals surface area contributed by atoms with Crippen molar-refractivity contribution in [2.45, 2.75) is 50.0 Å². The number of benzene rings is 2. The van der Waals surface area contributed by atoms with Gasteiger partial charge in [0.2, 0.25) is 0 Å². The smallest absolute Gasteiger partial charge is 0.192 e. The number of carbonyl (C=O) groups excluding carboxylic acids is 1. The van der Waals surface area contributed by atoms with E-state index in [4.69, 9.17) is 17.2 Å². The second-order valence-corrected chi connectivity index (χ2v) is 9.41. The average Bonchev–Trinajstić information content (AvgIpc) is 3.38. The number of rotatable bonds is 3. The van der Waals surface area contributed by atoms with E-state index in [2.05, 4.69) is 39.6 Å². The molecule has 2 aromatic carbocycles. The van der Waals surface area contributed by atoms with Crippen molar-refractivity contribution in [3.05, 3.63) is 71.3 Å². The van der Waals surface area contributed by atoms with E-state index in [1.807, 2.05) is 30.3 Å². The maximum atomic E-state index is 13.6. The molecule has 7 nitrogen and oxygen atoms in total. The van der Waals surface area contributed by atoms with E-state index < -0.39 is 11.0 Å². The third kappa shape index (κ3) is 2.83. The van der Waals surface area contributed by atoms with E-state index in [9.17, 15) is 4.79 Å². The second kappa shape index (κ2) is 7.65. The zero-order valence-corrected chi connectivity index (χ0v) is 18.0. The number of hydrogen-bond acceptors (Lipinski definition) is 7. The molecule has 3 aliphatic rings. The minimum atomic E-state index is -0.697. The predicted octanol–water partition coefficient (Wildman–Crippen LogP) is 3.73. The highest BCUT2D eigenvalue weighted by Gasteiger charge is 2.61. The third-order valence-corrected chi connectivity index (χ3v) is 8.18. The first-order valence-electron chi connectivity index (χ1n) is 11.2. The van der Waals surface area contributed by atoms with Crippen LogP contribution in [0.5, 0.6) is 0 Å². The van der Waals surface area contributed by atoms with Gasteiger partial charge in [-0.05, 0) is 61.1 Å². The number of ketones is 1. The largest absolute Gasteiger partial charge is 0.323 e. The second-order valence-electron chi connectivity index (χ2n) is 9.41. The lowest BCUT2D eigenvalue weighted by Crippen LogP contribution is -2.47. The molecule has 32 heavy (non-hydrogen) atoms. The van der Waals surface area contributed by atoms with Gasteiger partial charge in [-0.1, -0.05) is 54.6 Å². The van der Waals surface area contributed by atoms with Gasteiger partial charge < -0.3 is 11.7 Å². The van der Waals surface area contributed by atoms with E-state index in [0.29, 0.717) is 31.4 Å². The molecule has 0 heterocycles. The minimum Gasteiger partial charge on any atom is -0.323 e. The summed E-state index contributed by atoms with van der Waals surface area (Å²) in [5, 5.41) is 12.0. The van der Waals surface area contributed by atoms with Crippen LogP contribution < -0.4 is 11.7 Å². The van der Waals surface area contributed by atoms with Crippen molar-refractivity contribution >= 4 is 17.2 Å². The molecule has 0 aliphatic heterocycles. The maximum absolute atomic E-state index is 13.6. The van der Waals surface area contributed by atoms with Crippen LogP contribution in [0.4, 0.5) is 0 Å². The maximum Gasteiger partial charge on any atom is 0.192 e. The normalized spacial score (nSPS) is 32.6. The number of nitrogens with one attached hydrogen (secondary N) is 1. The van der Waals surface area contributed by atoms with Crippen molar-refractivity contribution in [3.8, 4) is 0 Å². The highest BCUT2D eigenvalue weighted by Crippen LogP contribution is 2.57. The van der Waals surface area contributed by atoms with Crippen LogP contribution in [0.3, 0.4) is 0 Å². The molecule has 2 fully saturated rings. The summed E-state index contributed by atoms with van der Waals surface area (Å²) in [4.78, 5) is 13.6. The third-order valence-electron chi connectivity index (χ3n) is 8.18. The lowest BCUT2D eigenvalue weighted by atomic mass is 9.58. The van der Waals surface area contributed by atoms with Crippen molar-refractivity contribution in [2.24, 2.45) is 38.3 Å². The molecule has 0 bridgehead atoms. The molecule has 1 atom stereocenters. The van der Waals surface area contributed by atoms with Crippen molar-refractivity contribution in [1.82, 2.24) is 0 Å². The fourth-order valence-corrected chi connectivity index (χ4v) is 6.46. The Morgan fingerprint density at radius 3 is 1.97 bits per heavy atom. The Hall–Kier alpha value is -3.35. The molecule has 164 valence electrons. The van der Waals surface area contributed by atoms with Crippen LogP contribution in [0.15, 0.2) is 69.9 Å². The van der Waals surface area contributed by atoms with Crippen LogP contribution >= 0.6 is 0 Å². The summed E-state index contributed by atoms with van der Waals surface area (Å²) in [7, 11) is 0. The summed E-state index contributed by atoms with van der Waals surface area (Å²) < 4.78 is 0. The SMILES string of the molecule is N=NC1(C2Cc3ccccc3C2)CCC2(CC1)C(=O)C(=NN)C(=NN)C2c1ccccc1. The summed E-state index contributed by atoms with van der Waals surface area (Å²) >= 11 is 0. The van der Waals surface area contributed by atoms with Crippen molar-refractivity contribution in [2.75, 3.05) is 0 Å². The van der Waals surface area contributed by atoms with Gasteiger partial charge in [0.05, 0.1) is 11.3 Å². The summed E-state index contributed by atoms with van der Waals surface area (Å²) in [5.74, 6) is 11.3. The van der Waals surface area contributed by atoms with Crippen LogP contribution in [0.25, 0.3) is 0 Å². The molecule has 5 N–H and O–H groups in total. The van der Waals surface area contributed by atoms with Gasteiger partial charge in [0.1, 0.15) is 0 Å². The molecule has 3 aliphatic carbocycles. The summed E-state index contributed by atoms with van der Waals surface area (Å²) in [6.07, 6.45) is 4.45. The molecule has 0 saturated heterocycles. The number of fused-ring (bicyclic) bond motifs is 1. The van der Waals surface area contributed by atoms with Gasteiger partial charge in [-0.15, -0.1) is 0 Å². The number of Topliss-reactive ketones (excluding diaryl/α,β-unsaturated/α-hetero) is 1. The Bertz CT molecular complexity index is 1090. The van der Waals surface area contributed by atoms with Gasteiger partial charge in [0, 0.05) is 11.3 Å². The van der Waals surface area contributed by atoms with Crippen LogP contribution in [-0.4, -0.2) is 22.7 Å². The Labute approximate surface area is 187 Å². The first kappa shape index (κ1) is 20.5. The first-order chi connectivity index (χ1) is 15.6. The van der Waals surface area contributed by atoms with Crippen LogP contribution in [0.2, 0.25) is 0 Å². The van der Waals surface area contributed by atoms with E-state index in [-0.39, 0.29) is 23.3 Å². The Morgan fingerprint density at radius 1 is 0.844 bits per heavy atom. The van der Waals surface area contributed by atoms with E-state index in [1.165, 1.54) is 11.1 Å². The first-order valence-corrected chi connectivity index (χ1v) is 11.2. The Balaban J connectivity index is 1.50. The standard InChI is InChI=1S/C25H28N6O/c26-29-21-20(16-6-2-1-3-7-16)24(23(32)22(21)30-27)10-12-25(31-28,13-11-24)19-14-17-8-4-5-9-18(17)15-19/h1-9,19-20,28H,10-15,26-27H2. The molecule has 5 rings (SSSR count). The van der Waals surface area contributed by atoms with Gasteiger partial charge in [0.15, 0.2) is 11.5 Å². The predicted molar refractivity (Wildman–Crippen MR) is 124 cm³/mol. The fourth-order valence-electron chi connectivity index (χ4n) is 6.46. The van der Waals surface area contributed by atoms with Gasteiger partial charge >= 0.3 is 0 Å². The molecular formula is C25H28N6O. The molecule has 0 aromatic heterocycles. The highest BCUT2D eigenvalue weighted by molar-refractivity contribution is 6.73. The molecule has 1 unspecified atom stereocenters. The lowest BCUT2D eigenvalue weighted by molar-refractivity contribution is -0.124. The number of nitrogens with two attached hydrogens (primary N) is 2. The van der Waals surface area contributed by atoms with E-state index in [0.717, 1.165) is 18.4 Å². The Morgan fingerprint density at radius 2 is 1.44 bits per heavy atom. The van der Waals surface area contributed by atoms with Crippen molar-refractivity contribution < 1.29 is 4.79 Å².